The van der Waals surface area contributed by atoms with E-state index >= 15 is 0 Å². The molecule has 0 spiro atoms. The second kappa shape index (κ2) is 21.8. The highest BCUT2D eigenvalue weighted by atomic mass is 31.2. The molecule has 1 aliphatic heterocycles. The predicted molar refractivity (Wildman–Crippen MR) is 248 cm³/mol. The van der Waals surface area contributed by atoms with Crippen LogP contribution in [0.1, 0.15) is 75.4 Å². The van der Waals surface area contributed by atoms with Crippen LogP contribution in [-0.2, 0) is 30.5 Å². The van der Waals surface area contributed by atoms with E-state index in [0.717, 1.165) is 29.5 Å². The van der Waals surface area contributed by atoms with Crippen molar-refractivity contribution in [1.29, 1.82) is 5.26 Å². The Morgan fingerprint density at radius 3 is 2.11 bits per heavy atom. The van der Waals surface area contributed by atoms with Gasteiger partial charge in [-0.15, -0.1) is 0 Å². The molecule has 2 aromatic heterocycles. The maximum absolute atomic E-state index is 13.4. The van der Waals surface area contributed by atoms with Crippen LogP contribution in [-0.4, -0.2) is 82.5 Å². The number of aryl methyl sites for hydroxylation is 1. The summed E-state index contributed by atoms with van der Waals surface area (Å²) in [6.07, 6.45) is 2.06. The summed E-state index contributed by atoms with van der Waals surface area (Å²) in [6, 6.07) is 38.5. The first-order valence-corrected chi connectivity index (χ1v) is 22.9. The zero-order valence-corrected chi connectivity index (χ0v) is 38.2. The molecule has 1 aliphatic rings. The lowest BCUT2D eigenvalue weighted by Crippen LogP contribution is -2.39. The second-order valence-electron chi connectivity index (χ2n) is 16.1. The van der Waals surface area contributed by atoms with E-state index < -0.39 is 32.6 Å². The number of anilines is 1. The van der Waals surface area contributed by atoms with E-state index in [2.05, 4.69) is 78.0 Å². The third-order valence-corrected chi connectivity index (χ3v) is 13.4. The fourth-order valence-electron chi connectivity index (χ4n) is 8.19. The van der Waals surface area contributed by atoms with Gasteiger partial charge in [-0.2, -0.15) is 10.2 Å². The molecule has 4 aromatic carbocycles. The molecule has 0 bridgehead atoms. The maximum Gasteiger partial charge on any atom is 0.280 e. The van der Waals surface area contributed by atoms with Crippen molar-refractivity contribution < 1.29 is 28.0 Å². The highest BCUT2D eigenvalue weighted by molar-refractivity contribution is 7.44. The molecule has 7 rings (SSSR count). The lowest BCUT2D eigenvalue weighted by atomic mass is 9.80. The maximum atomic E-state index is 13.4. The fourth-order valence-corrected chi connectivity index (χ4v) is 9.95. The summed E-state index contributed by atoms with van der Waals surface area (Å²) in [5.74, 6) is 1.78. The molecule has 1 saturated heterocycles. The number of ether oxygens (including phenoxy) is 4. The largest absolute Gasteiger partial charge is 0.497 e. The van der Waals surface area contributed by atoms with Crippen LogP contribution < -0.4 is 20.3 Å². The van der Waals surface area contributed by atoms with E-state index in [0.29, 0.717) is 36.1 Å². The number of nitrogens with one attached hydrogen (secondary N) is 2. The molecule has 0 amide bonds. The van der Waals surface area contributed by atoms with Crippen LogP contribution in [0.2, 0.25) is 0 Å². The van der Waals surface area contributed by atoms with Gasteiger partial charge in [-0.1, -0.05) is 84.9 Å². The number of hydrogen-bond acceptors (Lipinski definition) is 12. The van der Waals surface area contributed by atoms with Crippen LogP contribution in [0.3, 0.4) is 0 Å². The smallest absolute Gasteiger partial charge is 0.280 e. The highest BCUT2D eigenvalue weighted by Gasteiger charge is 2.45. The van der Waals surface area contributed by atoms with E-state index in [1.807, 2.05) is 84.9 Å². The summed E-state index contributed by atoms with van der Waals surface area (Å²) in [5.41, 5.74) is 2.99. The number of methoxy groups -OCH3 is 2. The Kier molecular flexibility index (Phi) is 15.8. The molecular formula is C49H58N7O7P. The molecule has 2 N–H and O–H groups in total. The van der Waals surface area contributed by atoms with Gasteiger partial charge in [0.1, 0.15) is 29.4 Å². The molecule has 6 aromatic rings. The van der Waals surface area contributed by atoms with Crippen molar-refractivity contribution in [2.45, 2.75) is 89.5 Å². The second-order valence-corrected chi connectivity index (χ2v) is 17.5. The monoisotopic (exact) mass is 887 g/mol. The van der Waals surface area contributed by atoms with Gasteiger partial charge in [0.15, 0.2) is 11.2 Å². The van der Waals surface area contributed by atoms with Gasteiger partial charge in [0.2, 0.25) is 5.95 Å². The fraction of sp³-hybridized carbons (Fsp3) is 0.388. The third kappa shape index (κ3) is 10.6. The van der Waals surface area contributed by atoms with Crippen LogP contribution in [0.25, 0.3) is 11.2 Å². The Morgan fingerprint density at radius 2 is 1.52 bits per heavy atom. The molecule has 0 saturated carbocycles. The first-order chi connectivity index (χ1) is 31.1. The minimum Gasteiger partial charge on any atom is -0.497 e. The summed E-state index contributed by atoms with van der Waals surface area (Å²) in [4.78, 5) is 25.6. The number of H-pyrrole nitrogens is 1. The normalized spacial score (nSPS) is 17.0. The van der Waals surface area contributed by atoms with E-state index in [9.17, 15) is 10.1 Å². The number of imidazole rings is 1. The minimum absolute atomic E-state index is 0.0732. The summed E-state index contributed by atoms with van der Waals surface area (Å²) in [6.45, 7) is 9.31. The Labute approximate surface area is 376 Å². The Bertz CT molecular complexity index is 2420. The van der Waals surface area contributed by atoms with Gasteiger partial charge in [-0.05, 0) is 87.1 Å². The van der Waals surface area contributed by atoms with Gasteiger partial charge in [0.25, 0.3) is 14.1 Å². The zero-order chi connectivity index (χ0) is 45.1. The molecule has 336 valence electrons. The highest BCUT2D eigenvalue weighted by Crippen LogP contribution is 2.51. The van der Waals surface area contributed by atoms with Crippen molar-refractivity contribution in [1.82, 2.24) is 24.2 Å². The third-order valence-electron chi connectivity index (χ3n) is 11.2. The van der Waals surface area contributed by atoms with E-state index in [1.54, 1.807) is 25.1 Å². The first kappa shape index (κ1) is 46.3. The molecule has 0 radical (unpaired) electrons. The van der Waals surface area contributed by atoms with Crippen LogP contribution in [0.15, 0.2) is 120 Å². The average Bonchev–Trinajstić information content (AvgIpc) is 3.93. The molecular weight excluding hydrogens is 830 g/mol. The number of aromatic nitrogens is 4. The van der Waals surface area contributed by atoms with Gasteiger partial charge in [0.05, 0.1) is 52.4 Å². The molecule has 0 aliphatic carbocycles. The molecule has 64 heavy (non-hydrogen) atoms. The number of benzene rings is 4. The van der Waals surface area contributed by atoms with E-state index in [4.69, 9.17) is 33.0 Å². The quantitative estimate of drug-likeness (QED) is 0.0379. The average molecular weight is 888 g/mol. The topological polar surface area (TPSA) is 158 Å². The Hall–Kier alpha value is -5.65. The Balaban J connectivity index is 1.26. The van der Waals surface area contributed by atoms with Gasteiger partial charge < -0.3 is 33.3 Å². The van der Waals surface area contributed by atoms with E-state index in [-0.39, 0.29) is 42.8 Å². The number of nitrogens with zero attached hydrogens (tertiary/aromatic N) is 5. The zero-order valence-electron chi connectivity index (χ0n) is 37.3. The van der Waals surface area contributed by atoms with Crippen molar-refractivity contribution in [3.8, 4) is 17.6 Å². The SMILES string of the molecule is COc1ccc(C(OC[C@H]2O[C@@H](n3cnc4c(=O)[nH]c(NCCCc5ccccc5)nc43)C[C@@H]2OP(OCCC#N)N(C(C)C)C(C)C)(c2ccccc2)c2ccc(OC)cc2)cc1. The number of fused-ring (bicyclic) bond motifs is 1. The molecule has 1 unspecified atom stereocenters. The lowest BCUT2D eigenvalue weighted by Gasteiger charge is -2.39. The molecule has 14 nitrogen and oxygen atoms in total. The first-order valence-electron chi connectivity index (χ1n) is 21.8. The summed E-state index contributed by atoms with van der Waals surface area (Å²) in [5, 5.41) is 12.8. The van der Waals surface area contributed by atoms with Crippen molar-refractivity contribution in [2.75, 3.05) is 39.3 Å². The van der Waals surface area contributed by atoms with Gasteiger partial charge in [-0.3, -0.25) is 14.3 Å². The standard InChI is InChI=1S/C49H58N7O7P/c1-34(2)56(35(3)4)64(61-30-14-28-50)63-42-31-44(55-33-52-45-46(55)53-48(54-47(45)57)51-29-13-17-36-15-9-7-10-16-36)62-43(42)32-60-49(37-18-11-8-12-19-37,38-20-24-40(58-5)25-21-38)39-22-26-41(59-6)27-23-39/h7-12,15-16,18-27,33-35,42-44H,13-14,17,29-32H2,1-6H3,(H2,51,53,54,57)/t42-,43+,44+,64?/m0/s1. The summed E-state index contributed by atoms with van der Waals surface area (Å²) >= 11 is 0. The van der Waals surface area contributed by atoms with Crippen molar-refractivity contribution >= 4 is 25.6 Å². The van der Waals surface area contributed by atoms with Gasteiger partial charge >= 0.3 is 0 Å². The number of rotatable bonds is 22. The number of nitriles is 1. The minimum atomic E-state index is -1.67. The van der Waals surface area contributed by atoms with Crippen molar-refractivity contribution in [2.24, 2.45) is 0 Å². The molecule has 15 heteroatoms. The number of hydrogen-bond donors (Lipinski definition) is 2. The van der Waals surface area contributed by atoms with Crippen LogP contribution in [0.5, 0.6) is 11.5 Å². The van der Waals surface area contributed by atoms with Crippen LogP contribution in [0, 0.1) is 11.3 Å². The molecule has 3 heterocycles. The van der Waals surface area contributed by atoms with Crippen LogP contribution in [0.4, 0.5) is 5.95 Å². The lowest BCUT2D eigenvalue weighted by molar-refractivity contribution is -0.0912. The van der Waals surface area contributed by atoms with Crippen molar-refractivity contribution in [3.05, 3.63) is 148 Å². The molecule has 1 fully saturated rings. The van der Waals surface area contributed by atoms with Crippen LogP contribution >= 0.6 is 8.53 Å². The Morgan fingerprint density at radius 1 is 0.906 bits per heavy atom. The van der Waals surface area contributed by atoms with Crippen molar-refractivity contribution in [3.63, 3.8) is 0 Å². The van der Waals surface area contributed by atoms with Gasteiger partial charge in [0, 0.05) is 25.0 Å². The summed E-state index contributed by atoms with van der Waals surface area (Å²) in [7, 11) is 1.62. The van der Waals surface area contributed by atoms with E-state index in [1.165, 1.54) is 5.56 Å². The predicted octanol–water partition coefficient (Wildman–Crippen LogP) is 9.14. The summed E-state index contributed by atoms with van der Waals surface area (Å²) < 4.78 is 43.0. The number of aromatic amines is 1. The van der Waals surface area contributed by atoms with Gasteiger partial charge in [-0.25, -0.2) is 9.65 Å². The molecule has 4 atom stereocenters.